The first kappa shape index (κ1) is 22.6. The van der Waals surface area contributed by atoms with Gasteiger partial charge in [-0.1, -0.05) is 23.2 Å². The van der Waals surface area contributed by atoms with E-state index >= 15 is 0 Å². The third-order valence-corrected chi connectivity index (χ3v) is 7.19. The van der Waals surface area contributed by atoms with Crippen molar-refractivity contribution in [2.75, 3.05) is 6.54 Å². The number of nitrogens with zero attached hydrogens (tertiary/aromatic N) is 4. The van der Waals surface area contributed by atoms with E-state index in [1.807, 2.05) is 13.8 Å². The van der Waals surface area contributed by atoms with Crippen LogP contribution in [0.5, 0.6) is 0 Å². The lowest BCUT2D eigenvalue weighted by Crippen LogP contribution is -2.44. The molecule has 1 aliphatic heterocycles. The average molecular weight is 458 g/mol. The lowest BCUT2D eigenvalue weighted by Gasteiger charge is -2.34. The number of nitrogens with one attached hydrogen (secondary N) is 1. The summed E-state index contributed by atoms with van der Waals surface area (Å²) in [5, 5.41) is 10.4. The Labute approximate surface area is 180 Å². The minimum atomic E-state index is -3.80. The van der Waals surface area contributed by atoms with E-state index in [1.165, 1.54) is 10.4 Å². The van der Waals surface area contributed by atoms with Crippen LogP contribution in [0.15, 0.2) is 29.3 Å². The highest BCUT2D eigenvalue weighted by atomic mass is 35.5. The van der Waals surface area contributed by atoms with Crippen molar-refractivity contribution >= 4 is 27.5 Å². The van der Waals surface area contributed by atoms with Crippen LogP contribution in [0.2, 0.25) is 5.02 Å². The molecule has 0 spiro atoms. The number of halogens is 2. The van der Waals surface area contributed by atoms with Crippen LogP contribution in [0.4, 0.5) is 4.39 Å². The van der Waals surface area contributed by atoms with Gasteiger partial charge >= 0.3 is 0 Å². The van der Waals surface area contributed by atoms with Gasteiger partial charge in [-0.3, -0.25) is 9.48 Å². The SMILES string of the molecule is CC(C)NC(=O)c1cn(CC[C@H]2CCCCN2S(=O)(=O)c2ccc(F)c(Cl)c2)nn1. The second-order valence-corrected chi connectivity index (χ2v) is 9.92. The summed E-state index contributed by atoms with van der Waals surface area (Å²) in [5.74, 6) is -0.958. The number of carbonyl (C=O) groups is 1. The normalized spacial score (nSPS) is 18.0. The minimum absolute atomic E-state index is 0.0105. The van der Waals surface area contributed by atoms with Crippen molar-refractivity contribution in [3.05, 3.63) is 40.9 Å². The van der Waals surface area contributed by atoms with Crippen LogP contribution in [-0.2, 0) is 16.6 Å². The molecular weight excluding hydrogens is 433 g/mol. The van der Waals surface area contributed by atoms with Crippen molar-refractivity contribution < 1.29 is 17.6 Å². The van der Waals surface area contributed by atoms with Gasteiger partial charge in [0.2, 0.25) is 10.0 Å². The Morgan fingerprint density at radius 1 is 1.37 bits per heavy atom. The average Bonchev–Trinajstić information content (AvgIpc) is 3.17. The summed E-state index contributed by atoms with van der Waals surface area (Å²) in [6, 6.07) is 3.20. The summed E-state index contributed by atoms with van der Waals surface area (Å²) in [6.07, 6.45) is 4.46. The maximum atomic E-state index is 13.5. The number of aryl methyl sites for hydroxylation is 1. The van der Waals surface area contributed by atoms with Gasteiger partial charge in [-0.2, -0.15) is 4.31 Å². The molecule has 164 valence electrons. The van der Waals surface area contributed by atoms with Gasteiger partial charge in [-0.25, -0.2) is 12.8 Å². The molecule has 1 fully saturated rings. The van der Waals surface area contributed by atoms with Crippen LogP contribution < -0.4 is 5.32 Å². The summed E-state index contributed by atoms with van der Waals surface area (Å²) < 4.78 is 42.7. The zero-order valence-electron chi connectivity index (χ0n) is 16.9. The minimum Gasteiger partial charge on any atom is -0.348 e. The molecule has 0 unspecified atom stereocenters. The number of sulfonamides is 1. The van der Waals surface area contributed by atoms with Gasteiger partial charge < -0.3 is 5.32 Å². The van der Waals surface area contributed by atoms with Gasteiger partial charge in [0.25, 0.3) is 5.91 Å². The quantitative estimate of drug-likeness (QED) is 0.689. The Balaban J connectivity index is 1.71. The lowest BCUT2D eigenvalue weighted by atomic mass is 10.0. The first-order valence-corrected chi connectivity index (χ1v) is 11.7. The Bertz CT molecular complexity index is 1010. The second-order valence-electron chi connectivity index (χ2n) is 7.62. The van der Waals surface area contributed by atoms with E-state index in [1.54, 1.807) is 10.9 Å². The number of carbonyl (C=O) groups excluding carboxylic acids is 1. The van der Waals surface area contributed by atoms with Crippen molar-refractivity contribution in [2.24, 2.45) is 0 Å². The first-order valence-electron chi connectivity index (χ1n) is 9.86. The van der Waals surface area contributed by atoms with E-state index in [-0.39, 0.29) is 33.6 Å². The Kier molecular flexibility index (Phi) is 7.10. The van der Waals surface area contributed by atoms with Crippen LogP contribution in [0.3, 0.4) is 0 Å². The first-order chi connectivity index (χ1) is 14.2. The summed E-state index contributed by atoms with van der Waals surface area (Å²) in [4.78, 5) is 12.0. The topological polar surface area (TPSA) is 97.2 Å². The molecule has 0 aliphatic carbocycles. The molecular formula is C19H25ClFN5O3S. The number of amides is 1. The van der Waals surface area contributed by atoms with Crippen molar-refractivity contribution in [1.82, 2.24) is 24.6 Å². The predicted octanol–water partition coefficient (Wildman–Crippen LogP) is 2.84. The number of aromatic nitrogens is 3. The maximum Gasteiger partial charge on any atom is 0.273 e. The number of piperidine rings is 1. The molecule has 30 heavy (non-hydrogen) atoms. The van der Waals surface area contributed by atoms with E-state index in [4.69, 9.17) is 11.6 Å². The Hall–Kier alpha value is -2.04. The highest BCUT2D eigenvalue weighted by Gasteiger charge is 2.33. The molecule has 2 heterocycles. The zero-order chi connectivity index (χ0) is 21.9. The molecule has 1 aliphatic rings. The van der Waals surface area contributed by atoms with Crippen molar-refractivity contribution in [1.29, 1.82) is 0 Å². The molecule has 0 radical (unpaired) electrons. The van der Waals surface area contributed by atoms with Gasteiger partial charge in [0.15, 0.2) is 5.69 Å². The fraction of sp³-hybridized carbons (Fsp3) is 0.526. The number of rotatable bonds is 7. The standard InChI is InChI=1S/C19H25ClFN5O3S/c1-13(2)22-19(27)18-12-25(24-23-18)10-8-14-5-3-4-9-26(14)30(28,29)15-6-7-17(21)16(20)11-15/h6-7,11-14H,3-5,8-10H2,1-2H3,(H,22,27)/t14-/m1/s1. The van der Waals surface area contributed by atoms with Gasteiger partial charge in [0.1, 0.15) is 5.82 Å². The molecule has 3 rings (SSSR count). The van der Waals surface area contributed by atoms with Crippen molar-refractivity contribution in [3.8, 4) is 0 Å². The highest BCUT2D eigenvalue weighted by Crippen LogP contribution is 2.29. The van der Waals surface area contributed by atoms with E-state index in [0.29, 0.717) is 25.9 Å². The van der Waals surface area contributed by atoms with Crippen LogP contribution in [0, 0.1) is 5.82 Å². The molecule has 0 saturated carbocycles. The van der Waals surface area contributed by atoms with Gasteiger partial charge in [0, 0.05) is 25.2 Å². The van der Waals surface area contributed by atoms with Crippen molar-refractivity contribution in [3.63, 3.8) is 0 Å². The molecule has 0 bridgehead atoms. The summed E-state index contributed by atoms with van der Waals surface area (Å²) in [5.41, 5.74) is 0.220. The summed E-state index contributed by atoms with van der Waals surface area (Å²) in [6.45, 7) is 4.52. The van der Waals surface area contributed by atoms with Crippen LogP contribution in [0.1, 0.15) is 50.0 Å². The van der Waals surface area contributed by atoms with Crippen LogP contribution in [-0.4, -0.2) is 52.3 Å². The van der Waals surface area contributed by atoms with Gasteiger partial charge in [0.05, 0.1) is 16.1 Å². The second kappa shape index (κ2) is 9.40. The molecule has 1 atom stereocenters. The molecule has 11 heteroatoms. The van der Waals surface area contributed by atoms with E-state index in [0.717, 1.165) is 25.0 Å². The number of benzene rings is 1. The van der Waals surface area contributed by atoms with Crippen LogP contribution in [0.25, 0.3) is 0 Å². The smallest absolute Gasteiger partial charge is 0.273 e. The third-order valence-electron chi connectivity index (χ3n) is 4.95. The molecule has 8 nitrogen and oxygen atoms in total. The number of hydrogen-bond donors (Lipinski definition) is 1. The Morgan fingerprint density at radius 3 is 2.83 bits per heavy atom. The maximum absolute atomic E-state index is 13.5. The summed E-state index contributed by atoms with van der Waals surface area (Å²) in [7, 11) is -3.80. The molecule has 1 N–H and O–H groups in total. The van der Waals surface area contributed by atoms with E-state index < -0.39 is 15.8 Å². The fourth-order valence-electron chi connectivity index (χ4n) is 3.48. The van der Waals surface area contributed by atoms with Gasteiger partial charge in [-0.05, 0) is 51.3 Å². The van der Waals surface area contributed by atoms with Crippen molar-refractivity contribution in [2.45, 2.75) is 63.1 Å². The lowest BCUT2D eigenvalue weighted by molar-refractivity contribution is 0.0938. The zero-order valence-corrected chi connectivity index (χ0v) is 18.5. The summed E-state index contributed by atoms with van der Waals surface area (Å²) >= 11 is 5.79. The molecule has 1 saturated heterocycles. The predicted molar refractivity (Wildman–Crippen MR) is 110 cm³/mol. The largest absolute Gasteiger partial charge is 0.348 e. The Morgan fingerprint density at radius 2 is 2.13 bits per heavy atom. The molecule has 1 aromatic carbocycles. The highest BCUT2D eigenvalue weighted by molar-refractivity contribution is 7.89. The molecule has 1 amide bonds. The molecule has 1 aromatic heterocycles. The van der Waals surface area contributed by atoms with Gasteiger partial charge in [-0.15, -0.1) is 5.10 Å². The number of hydrogen-bond acceptors (Lipinski definition) is 5. The van der Waals surface area contributed by atoms with E-state index in [2.05, 4.69) is 15.6 Å². The van der Waals surface area contributed by atoms with Crippen LogP contribution >= 0.6 is 11.6 Å². The monoisotopic (exact) mass is 457 g/mol. The molecule has 2 aromatic rings. The third kappa shape index (κ3) is 5.16. The fourth-order valence-corrected chi connectivity index (χ4v) is 5.48. The van der Waals surface area contributed by atoms with E-state index in [9.17, 15) is 17.6 Å².